The molecule has 0 N–H and O–H groups in total. The summed E-state index contributed by atoms with van der Waals surface area (Å²) in [5.74, 6) is 0.874. The molecule has 2 heteroatoms. The van der Waals surface area contributed by atoms with Gasteiger partial charge in [0.05, 0.1) is 12.8 Å². The van der Waals surface area contributed by atoms with E-state index in [1.54, 1.807) is 7.11 Å². The van der Waals surface area contributed by atoms with Crippen LogP contribution >= 0.6 is 0 Å². The van der Waals surface area contributed by atoms with Gasteiger partial charge in [-0.3, -0.25) is 4.98 Å². The van der Waals surface area contributed by atoms with Crippen LogP contribution < -0.4 is 4.74 Å². The van der Waals surface area contributed by atoms with Crippen molar-refractivity contribution in [2.24, 2.45) is 0 Å². The minimum Gasteiger partial charge on any atom is -0.497 e. The molecule has 0 aliphatic rings. The predicted octanol–water partition coefficient (Wildman–Crippen LogP) is 6.92. The zero-order valence-corrected chi connectivity index (χ0v) is 16.5. The maximum atomic E-state index is 5.51. The molecule has 1 aromatic heterocycles. The van der Waals surface area contributed by atoms with E-state index in [2.05, 4.69) is 79.7 Å². The van der Waals surface area contributed by atoms with Crippen molar-refractivity contribution in [3.63, 3.8) is 0 Å². The van der Waals surface area contributed by atoms with Gasteiger partial charge in [0.2, 0.25) is 0 Å². The average Bonchev–Trinajstić information content (AvgIpc) is 2.77. The Morgan fingerprint density at radius 2 is 1.46 bits per heavy atom. The van der Waals surface area contributed by atoms with Crippen molar-refractivity contribution in [1.29, 1.82) is 0 Å². The lowest BCUT2D eigenvalue weighted by atomic mass is 9.92. The molecule has 140 valence electrons. The number of ether oxygens (including phenoxy) is 1. The van der Waals surface area contributed by atoms with E-state index in [0.717, 1.165) is 42.0 Å². The standard InChI is InChI=1S/C26H25NO/c1-3-4-15-24-23-18-21(28-2)16-17-22(23)25(19-11-7-5-8-12-19)26(27-24)20-13-9-6-10-14-20/h5-14,16-18H,3-4,15H2,1-2H3. The molecule has 0 aliphatic heterocycles. The Hall–Kier alpha value is -3.13. The first-order chi connectivity index (χ1) is 13.8. The van der Waals surface area contributed by atoms with Crippen molar-refractivity contribution >= 4 is 10.8 Å². The van der Waals surface area contributed by atoms with Gasteiger partial charge in [0.15, 0.2) is 0 Å². The Bertz CT molecular complexity index is 1070. The molecule has 0 saturated heterocycles. The molecule has 4 aromatic rings. The van der Waals surface area contributed by atoms with Gasteiger partial charge < -0.3 is 4.74 Å². The lowest BCUT2D eigenvalue weighted by Gasteiger charge is -2.17. The SMILES string of the molecule is CCCCc1nc(-c2ccccc2)c(-c2ccccc2)c2ccc(OC)cc12. The van der Waals surface area contributed by atoms with Crippen LogP contribution in [0.25, 0.3) is 33.2 Å². The highest BCUT2D eigenvalue weighted by Crippen LogP contribution is 2.39. The van der Waals surface area contributed by atoms with Crippen molar-refractivity contribution in [2.75, 3.05) is 7.11 Å². The van der Waals surface area contributed by atoms with E-state index < -0.39 is 0 Å². The fraction of sp³-hybridized carbons (Fsp3) is 0.192. The third kappa shape index (κ3) is 3.50. The highest BCUT2D eigenvalue weighted by Gasteiger charge is 2.17. The van der Waals surface area contributed by atoms with E-state index in [9.17, 15) is 0 Å². The van der Waals surface area contributed by atoms with Crippen LogP contribution in [0.1, 0.15) is 25.5 Å². The topological polar surface area (TPSA) is 22.1 Å². The maximum absolute atomic E-state index is 5.51. The van der Waals surface area contributed by atoms with Gasteiger partial charge in [0.25, 0.3) is 0 Å². The summed E-state index contributed by atoms with van der Waals surface area (Å²) in [5.41, 5.74) is 5.72. The van der Waals surface area contributed by atoms with Crippen molar-refractivity contribution in [3.05, 3.63) is 84.6 Å². The molecule has 4 rings (SSSR count). The summed E-state index contributed by atoms with van der Waals surface area (Å²) in [6.07, 6.45) is 3.24. The summed E-state index contributed by atoms with van der Waals surface area (Å²) in [6, 6.07) is 27.4. The Labute approximate surface area is 166 Å². The molecule has 0 spiro atoms. The molecule has 2 nitrogen and oxygen atoms in total. The van der Waals surface area contributed by atoms with Gasteiger partial charge >= 0.3 is 0 Å². The number of benzene rings is 3. The molecule has 0 saturated carbocycles. The molecular weight excluding hydrogens is 342 g/mol. The molecule has 1 heterocycles. The number of aryl methyl sites for hydroxylation is 1. The van der Waals surface area contributed by atoms with Crippen molar-refractivity contribution in [2.45, 2.75) is 26.2 Å². The molecule has 0 fully saturated rings. The van der Waals surface area contributed by atoms with Crippen molar-refractivity contribution in [1.82, 2.24) is 4.98 Å². The van der Waals surface area contributed by atoms with Gasteiger partial charge in [-0.2, -0.15) is 0 Å². The normalized spacial score (nSPS) is 10.9. The lowest BCUT2D eigenvalue weighted by molar-refractivity contribution is 0.415. The van der Waals surface area contributed by atoms with E-state index in [4.69, 9.17) is 9.72 Å². The van der Waals surface area contributed by atoms with Crippen molar-refractivity contribution < 1.29 is 4.74 Å². The fourth-order valence-electron chi connectivity index (χ4n) is 3.72. The smallest absolute Gasteiger partial charge is 0.119 e. The van der Waals surface area contributed by atoms with Crippen LogP contribution in [0.5, 0.6) is 5.75 Å². The van der Waals surface area contributed by atoms with Crippen LogP contribution in [0, 0.1) is 0 Å². The minimum atomic E-state index is 0.874. The van der Waals surface area contributed by atoms with Gasteiger partial charge in [0.1, 0.15) is 5.75 Å². The minimum absolute atomic E-state index is 0.874. The third-order valence-electron chi connectivity index (χ3n) is 5.17. The van der Waals surface area contributed by atoms with Crippen LogP contribution in [0.4, 0.5) is 0 Å². The van der Waals surface area contributed by atoms with Crippen LogP contribution in [0.2, 0.25) is 0 Å². The van der Waals surface area contributed by atoms with E-state index >= 15 is 0 Å². The highest BCUT2D eigenvalue weighted by molar-refractivity contribution is 6.04. The van der Waals surface area contributed by atoms with E-state index in [-0.39, 0.29) is 0 Å². The van der Waals surface area contributed by atoms with Crippen LogP contribution in [-0.4, -0.2) is 12.1 Å². The quantitative estimate of drug-likeness (QED) is 0.369. The second-order valence-corrected chi connectivity index (χ2v) is 7.03. The van der Waals surface area contributed by atoms with Crippen LogP contribution in [-0.2, 0) is 6.42 Å². The third-order valence-corrected chi connectivity index (χ3v) is 5.17. The molecule has 0 amide bonds. The number of hydrogen-bond acceptors (Lipinski definition) is 2. The van der Waals surface area contributed by atoms with Gasteiger partial charge in [-0.05, 0) is 42.0 Å². The number of hydrogen-bond donors (Lipinski definition) is 0. The fourth-order valence-corrected chi connectivity index (χ4v) is 3.72. The molecule has 28 heavy (non-hydrogen) atoms. The zero-order valence-electron chi connectivity index (χ0n) is 16.5. The van der Waals surface area contributed by atoms with E-state index in [1.807, 2.05) is 6.07 Å². The number of methoxy groups -OCH3 is 1. The number of rotatable bonds is 6. The average molecular weight is 367 g/mol. The molecule has 0 aliphatic carbocycles. The second kappa shape index (κ2) is 8.26. The largest absolute Gasteiger partial charge is 0.497 e. The molecule has 0 unspecified atom stereocenters. The predicted molar refractivity (Wildman–Crippen MR) is 118 cm³/mol. The van der Waals surface area contributed by atoms with Crippen LogP contribution in [0.15, 0.2) is 78.9 Å². The number of nitrogens with zero attached hydrogens (tertiary/aromatic N) is 1. The molecule has 3 aromatic carbocycles. The first kappa shape index (κ1) is 18.2. The summed E-state index contributed by atoms with van der Waals surface area (Å²) in [5, 5.41) is 2.42. The Morgan fingerprint density at radius 1 is 0.786 bits per heavy atom. The summed E-state index contributed by atoms with van der Waals surface area (Å²) in [4.78, 5) is 5.20. The molecule has 0 radical (unpaired) electrons. The molecule has 0 bridgehead atoms. The second-order valence-electron chi connectivity index (χ2n) is 7.03. The van der Waals surface area contributed by atoms with Gasteiger partial charge in [-0.25, -0.2) is 0 Å². The van der Waals surface area contributed by atoms with E-state index in [1.165, 1.54) is 21.9 Å². The monoisotopic (exact) mass is 367 g/mol. The van der Waals surface area contributed by atoms with E-state index in [0.29, 0.717) is 0 Å². The lowest BCUT2D eigenvalue weighted by Crippen LogP contribution is -1.99. The Balaban J connectivity index is 2.08. The van der Waals surface area contributed by atoms with Crippen molar-refractivity contribution in [3.8, 4) is 28.1 Å². The summed E-state index contributed by atoms with van der Waals surface area (Å²) >= 11 is 0. The summed E-state index contributed by atoms with van der Waals surface area (Å²) in [7, 11) is 1.72. The number of fused-ring (bicyclic) bond motifs is 1. The number of pyridine rings is 1. The van der Waals surface area contributed by atoms with Gasteiger partial charge in [-0.15, -0.1) is 0 Å². The number of unbranched alkanes of at least 4 members (excludes halogenated alkanes) is 1. The molecular formula is C26H25NO. The van der Waals surface area contributed by atoms with Gasteiger partial charge in [-0.1, -0.05) is 74.0 Å². The zero-order chi connectivity index (χ0) is 19.3. The molecule has 0 atom stereocenters. The van der Waals surface area contributed by atoms with Gasteiger partial charge in [0, 0.05) is 22.2 Å². The first-order valence-corrected chi connectivity index (χ1v) is 9.93. The Morgan fingerprint density at radius 3 is 2.11 bits per heavy atom. The highest BCUT2D eigenvalue weighted by atomic mass is 16.5. The maximum Gasteiger partial charge on any atom is 0.119 e. The summed E-state index contributed by atoms with van der Waals surface area (Å²) in [6.45, 7) is 2.22. The Kier molecular flexibility index (Phi) is 5.38. The first-order valence-electron chi connectivity index (χ1n) is 9.93. The van der Waals surface area contributed by atoms with Crippen LogP contribution in [0.3, 0.4) is 0 Å². The number of aromatic nitrogens is 1. The summed E-state index contributed by atoms with van der Waals surface area (Å²) < 4.78 is 5.51.